The first-order valence-electron chi connectivity index (χ1n) is 9.78. The third-order valence-electron chi connectivity index (χ3n) is 5.13. The molecule has 2 aromatic rings. The molecule has 1 unspecified atom stereocenters. The molecule has 146 valence electrons. The Morgan fingerprint density at radius 1 is 1.30 bits per heavy atom. The zero-order valence-corrected chi connectivity index (χ0v) is 16.9. The molecule has 1 fully saturated rings. The van der Waals surface area contributed by atoms with Gasteiger partial charge < -0.3 is 10.6 Å². The van der Waals surface area contributed by atoms with Crippen LogP contribution in [-0.2, 0) is 6.54 Å². The fourth-order valence-electron chi connectivity index (χ4n) is 3.67. The van der Waals surface area contributed by atoms with Crippen LogP contribution in [0.5, 0.6) is 0 Å². The number of rotatable bonds is 6. The van der Waals surface area contributed by atoms with Gasteiger partial charge in [-0.15, -0.1) is 0 Å². The van der Waals surface area contributed by atoms with Crippen molar-refractivity contribution in [1.29, 1.82) is 0 Å². The highest BCUT2D eigenvalue weighted by Gasteiger charge is 2.22. The van der Waals surface area contributed by atoms with E-state index in [1.807, 2.05) is 37.8 Å². The van der Waals surface area contributed by atoms with E-state index in [0.717, 1.165) is 41.8 Å². The molecule has 0 spiro atoms. The minimum Gasteiger partial charge on any atom is -0.355 e. The highest BCUT2D eigenvalue weighted by Crippen LogP contribution is 2.15. The number of aliphatic imine (C=N–C) groups is 1. The van der Waals surface area contributed by atoms with Crippen LogP contribution in [0.15, 0.2) is 29.4 Å². The minimum absolute atomic E-state index is 0.607. The highest BCUT2D eigenvalue weighted by atomic mass is 15.3. The fraction of sp³-hybridized carbons (Fsp3) is 0.550. The predicted octanol–water partition coefficient (Wildman–Crippen LogP) is 2.03. The van der Waals surface area contributed by atoms with Gasteiger partial charge in [0.25, 0.3) is 0 Å². The van der Waals surface area contributed by atoms with Gasteiger partial charge in [-0.2, -0.15) is 5.10 Å². The molecule has 0 aliphatic carbocycles. The Hall–Kier alpha value is -2.41. The molecule has 2 aromatic heterocycles. The van der Waals surface area contributed by atoms with Crippen LogP contribution in [0.1, 0.15) is 36.7 Å². The zero-order chi connectivity index (χ0) is 19.2. The third kappa shape index (κ3) is 4.86. The molecule has 7 nitrogen and oxygen atoms in total. The summed E-state index contributed by atoms with van der Waals surface area (Å²) in [5.41, 5.74) is 3.20. The number of hydrogen-bond acceptors (Lipinski definition) is 4. The lowest BCUT2D eigenvalue weighted by Gasteiger charge is -2.24. The Morgan fingerprint density at radius 3 is 2.78 bits per heavy atom. The number of guanidine groups is 1. The second-order valence-electron chi connectivity index (χ2n) is 7.09. The van der Waals surface area contributed by atoms with Crippen molar-refractivity contribution in [2.24, 2.45) is 4.99 Å². The lowest BCUT2D eigenvalue weighted by atomic mass is 10.2. The second-order valence-corrected chi connectivity index (χ2v) is 7.09. The molecule has 1 aliphatic heterocycles. The maximum absolute atomic E-state index is 4.55. The first-order chi connectivity index (χ1) is 13.1. The maximum Gasteiger partial charge on any atom is 0.191 e. The normalized spacial score (nSPS) is 18.1. The van der Waals surface area contributed by atoms with Crippen molar-refractivity contribution in [1.82, 2.24) is 30.3 Å². The van der Waals surface area contributed by atoms with Gasteiger partial charge in [0.05, 0.1) is 5.69 Å². The lowest BCUT2D eigenvalue weighted by Crippen LogP contribution is -2.44. The Kier molecular flexibility index (Phi) is 6.45. The molecule has 0 radical (unpaired) electrons. The smallest absolute Gasteiger partial charge is 0.191 e. The molecule has 7 heteroatoms. The van der Waals surface area contributed by atoms with E-state index in [2.05, 4.69) is 49.7 Å². The molecule has 0 bridgehead atoms. The van der Waals surface area contributed by atoms with Gasteiger partial charge >= 0.3 is 0 Å². The van der Waals surface area contributed by atoms with Crippen LogP contribution in [0.4, 0.5) is 0 Å². The summed E-state index contributed by atoms with van der Waals surface area (Å²) in [5, 5.41) is 11.3. The summed E-state index contributed by atoms with van der Waals surface area (Å²) in [5.74, 6) is 1.67. The van der Waals surface area contributed by atoms with Gasteiger partial charge in [-0.1, -0.05) is 13.0 Å². The number of pyridine rings is 1. The molecule has 3 rings (SSSR count). The van der Waals surface area contributed by atoms with E-state index in [1.165, 1.54) is 19.4 Å². The average Bonchev–Trinajstić information content (AvgIpc) is 3.27. The Morgan fingerprint density at radius 2 is 2.15 bits per heavy atom. The topological polar surface area (TPSA) is 70.4 Å². The monoisotopic (exact) mass is 369 g/mol. The number of aromatic nitrogens is 3. The molecular formula is C20H31N7. The first-order valence-corrected chi connectivity index (χ1v) is 9.78. The number of aryl methyl sites for hydroxylation is 2. The molecule has 3 heterocycles. The molecule has 1 saturated heterocycles. The van der Waals surface area contributed by atoms with Gasteiger partial charge in [0.2, 0.25) is 0 Å². The van der Waals surface area contributed by atoms with E-state index < -0.39 is 0 Å². The summed E-state index contributed by atoms with van der Waals surface area (Å²) < 4.78 is 1.87. The number of likely N-dealkylation sites (N-methyl/N-ethyl adjacent to an activating group) is 1. The molecule has 0 saturated carbocycles. The summed E-state index contributed by atoms with van der Waals surface area (Å²) in [4.78, 5) is 11.4. The summed E-state index contributed by atoms with van der Waals surface area (Å²) >= 11 is 0. The van der Waals surface area contributed by atoms with Crippen molar-refractivity contribution in [3.63, 3.8) is 0 Å². The van der Waals surface area contributed by atoms with Gasteiger partial charge in [-0.3, -0.25) is 9.89 Å². The number of likely N-dealkylation sites (tertiary alicyclic amines) is 1. The van der Waals surface area contributed by atoms with Gasteiger partial charge in [0, 0.05) is 38.1 Å². The quantitative estimate of drug-likeness (QED) is 0.602. The van der Waals surface area contributed by atoms with Crippen molar-refractivity contribution in [3.8, 4) is 5.82 Å². The Bertz CT molecular complexity index is 763. The van der Waals surface area contributed by atoms with Crippen LogP contribution in [0.2, 0.25) is 0 Å². The second kappa shape index (κ2) is 8.99. The largest absolute Gasteiger partial charge is 0.355 e. The fourth-order valence-corrected chi connectivity index (χ4v) is 3.67. The Labute approximate surface area is 161 Å². The van der Waals surface area contributed by atoms with E-state index in [9.17, 15) is 0 Å². The highest BCUT2D eigenvalue weighted by molar-refractivity contribution is 5.79. The molecule has 0 amide bonds. The van der Waals surface area contributed by atoms with E-state index in [4.69, 9.17) is 0 Å². The summed E-state index contributed by atoms with van der Waals surface area (Å²) in [6, 6.07) is 6.74. The third-order valence-corrected chi connectivity index (χ3v) is 5.13. The zero-order valence-electron chi connectivity index (χ0n) is 16.9. The van der Waals surface area contributed by atoms with Crippen LogP contribution in [0, 0.1) is 13.8 Å². The van der Waals surface area contributed by atoms with Crippen LogP contribution in [0.3, 0.4) is 0 Å². The first kappa shape index (κ1) is 19.4. The van der Waals surface area contributed by atoms with Crippen molar-refractivity contribution in [3.05, 3.63) is 41.3 Å². The number of hydrogen-bond donors (Lipinski definition) is 2. The van der Waals surface area contributed by atoms with E-state index in [1.54, 1.807) is 0 Å². The van der Waals surface area contributed by atoms with Gasteiger partial charge in [-0.25, -0.2) is 9.67 Å². The SMILES string of the molecule is CCN1CCCC1CNC(=NC)NCc1ccc(-n2nc(C)cc2C)nc1. The van der Waals surface area contributed by atoms with Crippen molar-refractivity contribution < 1.29 is 0 Å². The lowest BCUT2D eigenvalue weighted by molar-refractivity contribution is 0.267. The van der Waals surface area contributed by atoms with E-state index in [-0.39, 0.29) is 0 Å². The minimum atomic E-state index is 0.607. The maximum atomic E-state index is 4.55. The molecule has 1 aliphatic rings. The average molecular weight is 370 g/mol. The molecule has 1 atom stereocenters. The van der Waals surface area contributed by atoms with E-state index >= 15 is 0 Å². The van der Waals surface area contributed by atoms with Gasteiger partial charge in [0.1, 0.15) is 0 Å². The number of nitrogens with one attached hydrogen (secondary N) is 2. The van der Waals surface area contributed by atoms with Crippen molar-refractivity contribution in [2.75, 3.05) is 26.7 Å². The summed E-state index contributed by atoms with van der Waals surface area (Å²) in [6.45, 7) is 10.2. The van der Waals surface area contributed by atoms with Crippen molar-refractivity contribution >= 4 is 5.96 Å². The summed E-state index contributed by atoms with van der Waals surface area (Å²) in [6.07, 6.45) is 4.44. The molecule has 2 N–H and O–H groups in total. The van der Waals surface area contributed by atoms with Crippen LogP contribution < -0.4 is 10.6 Å². The van der Waals surface area contributed by atoms with Crippen LogP contribution in [0.25, 0.3) is 5.82 Å². The van der Waals surface area contributed by atoms with E-state index in [0.29, 0.717) is 12.6 Å². The van der Waals surface area contributed by atoms with Crippen LogP contribution in [-0.4, -0.2) is 58.3 Å². The number of nitrogens with zero attached hydrogens (tertiary/aromatic N) is 5. The van der Waals surface area contributed by atoms with Crippen LogP contribution >= 0.6 is 0 Å². The Balaban J connectivity index is 1.52. The molecular weight excluding hydrogens is 338 g/mol. The van der Waals surface area contributed by atoms with Crippen molar-refractivity contribution in [2.45, 2.75) is 46.2 Å². The standard InChI is InChI=1S/C20H31N7/c1-5-26-10-6-7-18(26)14-24-20(21-4)23-13-17-8-9-19(22-12-17)27-16(3)11-15(2)25-27/h8-9,11-12,18H,5-7,10,13-14H2,1-4H3,(H2,21,23,24). The predicted molar refractivity (Wildman–Crippen MR) is 109 cm³/mol. The van der Waals surface area contributed by atoms with Gasteiger partial charge in [0.15, 0.2) is 11.8 Å². The molecule has 0 aromatic carbocycles. The van der Waals surface area contributed by atoms with Gasteiger partial charge in [-0.05, 0) is 57.5 Å². The molecule has 27 heavy (non-hydrogen) atoms. The summed E-state index contributed by atoms with van der Waals surface area (Å²) in [7, 11) is 1.81.